The van der Waals surface area contributed by atoms with Gasteiger partial charge in [-0.05, 0) is 19.1 Å². The molecule has 0 aliphatic carbocycles. The Labute approximate surface area is 174 Å². The first-order chi connectivity index (χ1) is 14.1. The molecule has 3 rings (SSSR count). The molecule has 170 valence electrons. The summed E-state index contributed by atoms with van der Waals surface area (Å²) < 4.78 is 28.4. The predicted octanol–water partition coefficient (Wildman–Crippen LogP) is 0.760. The van der Waals surface area contributed by atoms with Gasteiger partial charge in [0, 0.05) is 30.3 Å². The molecule has 1 saturated heterocycles. The van der Waals surface area contributed by atoms with Gasteiger partial charge in [-0.1, -0.05) is 0 Å². The fourth-order valence-corrected chi connectivity index (χ4v) is 3.57. The van der Waals surface area contributed by atoms with Crippen molar-refractivity contribution in [2.75, 3.05) is 6.61 Å². The number of hydrogen-bond donors (Lipinski definition) is 4. The number of rotatable bonds is 7. The van der Waals surface area contributed by atoms with Crippen LogP contribution in [0.4, 0.5) is 5.69 Å². The lowest BCUT2D eigenvalue weighted by Gasteiger charge is -2.18. The molecule has 0 bridgehead atoms. The lowest BCUT2D eigenvalue weighted by atomic mass is 10.2. The molecule has 0 amide bonds. The molecule has 31 heavy (non-hydrogen) atoms. The highest BCUT2D eigenvalue weighted by Gasteiger charge is 2.38. The van der Waals surface area contributed by atoms with Crippen LogP contribution in [0, 0.1) is 17.0 Å². The number of nitro benzene ring substituents is 1. The molecule has 1 aliphatic rings. The second-order valence-electron chi connectivity index (χ2n) is 6.52. The van der Waals surface area contributed by atoms with Crippen molar-refractivity contribution in [2.45, 2.75) is 31.8 Å². The molecule has 0 saturated carbocycles. The van der Waals surface area contributed by atoms with Crippen LogP contribution in [0.5, 0.6) is 5.75 Å². The number of nitrogens with one attached hydrogen (secondary N) is 1. The van der Waals surface area contributed by atoms with E-state index in [2.05, 4.69) is 4.98 Å². The second-order valence-corrected chi connectivity index (χ2v) is 7.90. The van der Waals surface area contributed by atoms with Gasteiger partial charge in [-0.2, -0.15) is 0 Å². The van der Waals surface area contributed by atoms with E-state index < -0.39 is 49.0 Å². The molecular weight excluding hydrogens is 439 g/mol. The Balaban J connectivity index is 0.00000341. The summed E-state index contributed by atoms with van der Waals surface area (Å²) in [5.74, 6) is -0.132. The van der Waals surface area contributed by atoms with E-state index in [1.807, 2.05) is 0 Å². The molecule has 0 radical (unpaired) electrons. The molecular formula is C16H21N4O10P. The number of benzene rings is 1. The van der Waals surface area contributed by atoms with Crippen molar-refractivity contribution >= 4 is 13.5 Å². The zero-order valence-electron chi connectivity index (χ0n) is 16.2. The fraction of sp³-hybridized carbons (Fsp3) is 0.375. The first-order valence-electron chi connectivity index (χ1n) is 8.63. The molecule has 14 nitrogen and oxygen atoms in total. The van der Waals surface area contributed by atoms with Crippen molar-refractivity contribution in [1.82, 2.24) is 15.7 Å². The number of aliphatic hydroxyl groups is 1. The number of H-pyrrole nitrogens is 1. The Morgan fingerprint density at radius 2 is 2.00 bits per heavy atom. The summed E-state index contributed by atoms with van der Waals surface area (Å²) >= 11 is 0. The number of non-ortho nitro benzene ring substituents is 1. The minimum atomic E-state index is -4.62. The zero-order chi connectivity index (χ0) is 22.1. The number of aliphatic hydroxyl groups excluding tert-OH is 1. The van der Waals surface area contributed by atoms with Gasteiger partial charge in [0.2, 0.25) is 0 Å². The number of nitrogens with zero attached hydrogens (tertiary/aromatic N) is 2. The monoisotopic (exact) mass is 460 g/mol. The van der Waals surface area contributed by atoms with Gasteiger partial charge in [-0.25, -0.2) is 9.36 Å². The van der Waals surface area contributed by atoms with E-state index in [1.165, 1.54) is 13.1 Å². The lowest BCUT2D eigenvalue weighted by Crippen LogP contribution is -2.33. The van der Waals surface area contributed by atoms with Gasteiger partial charge in [0.25, 0.3) is 11.2 Å². The third-order valence-corrected chi connectivity index (χ3v) is 5.25. The maximum atomic E-state index is 12.1. The molecule has 1 fully saturated rings. The molecule has 6 N–H and O–H groups in total. The van der Waals surface area contributed by atoms with Gasteiger partial charge in [-0.15, -0.1) is 0 Å². The summed E-state index contributed by atoms with van der Waals surface area (Å²) in [5.41, 5.74) is -1.22. The highest BCUT2D eigenvalue weighted by atomic mass is 31.2. The number of aryl methyl sites for hydroxylation is 1. The average Bonchev–Trinajstić information content (AvgIpc) is 3.03. The highest BCUT2D eigenvalue weighted by molar-refractivity contribution is 7.47. The van der Waals surface area contributed by atoms with E-state index in [0.717, 1.165) is 28.8 Å². The van der Waals surface area contributed by atoms with E-state index in [4.69, 9.17) is 13.8 Å². The third-order valence-electron chi connectivity index (χ3n) is 4.33. The van der Waals surface area contributed by atoms with E-state index >= 15 is 0 Å². The summed E-state index contributed by atoms with van der Waals surface area (Å²) in [5, 5.41) is 20.8. The van der Waals surface area contributed by atoms with Crippen LogP contribution in [0.2, 0.25) is 0 Å². The number of nitro groups is 1. The third kappa shape index (κ3) is 5.85. The molecule has 2 aromatic rings. The average molecular weight is 460 g/mol. The largest absolute Gasteiger partial charge is 0.527 e. The lowest BCUT2D eigenvalue weighted by molar-refractivity contribution is -0.384. The molecule has 4 atom stereocenters. The SMILES string of the molecule is Cc1cn([C@H]2C[C@H](O)[C@@H](COP(=O)(O)Oc3ccc([N+](=O)[O-])cc3)O2)c(=O)[nH]c1=O.N. The number of ether oxygens (including phenoxy) is 1. The zero-order valence-corrected chi connectivity index (χ0v) is 17.1. The van der Waals surface area contributed by atoms with Crippen molar-refractivity contribution in [3.05, 3.63) is 67.0 Å². The number of phosphoric acid groups is 1. The van der Waals surface area contributed by atoms with Crippen molar-refractivity contribution in [2.24, 2.45) is 0 Å². The first-order valence-corrected chi connectivity index (χ1v) is 10.1. The number of hydrogen-bond acceptors (Lipinski definition) is 10. The van der Waals surface area contributed by atoms with Crippen LogP contribution in [0.25, 0.3) is 0 Å². The van der Waals surface area contributed by atoms with Crippen molar-refractivity contribution in [3.63, 3.8) is 0 Å². The van der Waals surface area contributed by atoms with Crippen LogP contribution >= 0.6 is 7.82 Å². The predicted molar refractivity (Wildman–Crippen MR) is 105 cm³/mol. The van der Waals surface area contributed by atoms with Crippen molar-refractivity contribution < 1.29 is 33.3 Å². The topological polar surface area (TPSA) is 218 Å². The Bertz CT molecular complexity index is 1100. The minimum absolute atomic E-state index is 0. The van der Waals surface area contributed by atoms with Crippen LogP contribution in [0.15, 0.2) is 40.1 Å². The maximum absolute atomic E-state index is 12.1. The van der Waals surface area contributed by atoms with Gasteiger partial charge in [0.05, 0.1) is 17.6 Å². The van der Waals surface area contributed by atoms with E-state index in [9.17, 15) is 34.3 Å². The number of aromatic amines is 1. The normalized spacial score (nSPS) is 22.4. The first kappa shape index (κ1) is 24.4. The summed E-state index contributed by atoms with van der Waals surface area (Å²) in [6.45, 7) is 0.966. The summed E-state index contributed by atoms with van der Waals surface area (Å²) in [6.07, 6.45) is -1.80. The van der Waals surface area contributed by atoms with Crippen LogP contribution in [-0.4, -0.2) is 43.3 Å². The van der Waals surface area contributed by atoms with E-state index in [1.54, 1.807) is 0 Å². The van der Waals surface area contributed by atoms with Crippen molar-refractivity contribution in [3.8, 4) is 5.75 Å². The molecule has 2 heterocycles. The van der Waals surface area contributed by atoms with Gasteiger partial charge in [-0.3, -0.25) is 33.9 Å². The van der Waals surface area contributed by atoms with E-state index in [0.29, 0.717) is 0 Å². The number of aromatic nitrogens is 2. The van der Waals surface area contributed by atoms with Crippen molar-refractivity contribution in [1.29, 1.82) is 0 Å². The van der Waals surface area contributed by atoms with E-state index in [-0.39, 0.29) is 29.6 Å². The van der Waals surface area contributed by atoms with Gasteiger partial charge < -0.3 is 20.5 Å². The fourth-order valence-electron chi connectivity index (χ4n) is 2.79. The quantitative estimate of drug-likeness (QED) is 0.257. The summed E-state index contributed by atoms with van der Waals surface area (Å²) in [4.78, 5) is 45.4. The summed E-state index contributed by atoms with van der Waals surface area (Å²) in [6, 6.07) is 4.44. The van der Waals surface area contributed by atoms with Crippen LogP contribution < -0.4 is 21.9 Å². The Morgan fingerprint density at radius 3 is 2.61 bits per heavy atom. The Kier molecular flexibility index (Phi) is 7.49. The van der Waals surface area contributed by atoms with Crippen LogP contribution in [0.3, 0.4) is 0 Å². The van der Waals surface area contributed by atoms with Crippen LogP contribution in [0.1, 0.15) is 18.2 Å². The van der Waals surface area contributed by atoms with Gasteiger partial charge in [0.15, 0.2) is 0 Å². The Hall–Kier alpha value is -2.87. The Morgan fingerprint density at radius 1 is 1.35 bits per heavy atom. The maximum Gasteiger partial charge on any atom is 0.527 e. The molecule has 1 aromatic heterocycles. The minimum Gasteiger partial charge on any atom is -0.404 e. The standard InChI is InChI=1S/C16H18N3O10P.H3N/c1-9-7-18(16(22)17-15(9)21)14-6-12(20)13(28-14)8-27-30(25,26)29-11-4-2-10(3-5-11)19(23)24;/h2-5,7,12-14,20H,6,8H2,1H3,(H,25,26)(H,17,21,22);1H3/t12-,13+,14+;/m0./s1. The second kappa shape index (κ2) is 9.51. The van der Waals surface area contributed by atoms with Gasteiger partial charge in [0.1, 0.15) is 18.1 Å². The molecule has 15 heteroatoms. The smallest absolute Gasteiger partial charge is 0.404 e. The molecule has 0 spiro atoms. The van der Waals surface area contributed by atoms with Crippen LogP contribution in [-0.2, 0) is 13.8 Å². The molecule has 1 aliphatic heterocycles. The number of phosphoric ester groups is 1. The molecule has 1 aromatic carbocycles. The summed E-state index contributed by atoms with van der Waals surface area (Å²) in [7, 11) is -4.62. The highest BCUT2D eigenvalue weighted by Crippen LogP contribution is 2.45. The van der Waals surface area contributed by atoms with Gasteiger partial charge >= 0.3 is 13.5 Å². The molecule has 1 unspecified atom stereocenters.